The van der Waals surface area contributed by atoms with Crippen molar-refractivity contribution >= 4 is 44.3 Å². The molecule has 0 radical (unpaired) electrons. The zero-order valence-electron chi connectivity index (χ0n) is 10.5. The van der Waals surface area contributed by atoms with Crippen molar-refractivity contribution in [1.29, 1.82) is 0 Å². The van der Waals surface area contributed by atoms with Crippen molar-refractivity contribution in [3.8, 4) is 0 Å². The molecule has 21 heavy (non-hydrogen) atoms. The molecule has 2 aromatic rings. The first-order valence-corrected chi connectivity index (χ1v) is 7.76. The van der Waals surface area contributed by atoms with Crippen molar-refractivity contribution in [2.24, 2.45) is 0 Å². The van der Waals surface area contributed by atoms with Gasteiger partial charge in [0.15, 0.2) is 0 Å². The summed E-state index contributed by atoms with van der Waals surface area (Å²) >= 11 is 6.09. The van der Waals surface area contributed by atoms with E-state index in [-0.39, 0.29) is 9.92 Å². The van der Waals surface area contributed by atoms with Gasteiger partial charge in [0.05, 0.1) is 4.90 Å². The Balaban J connectivity index is 2.15. The van der Waals surface area contributed by atoms with Gasteiger partial charge in [0.2, 0.25) is 5.91 Å². The Morgan fingerprint density at radius 1 is 1.14 bits per heavy atom. The van der Waals surface area contributed by atoms with Crippen molar-refractivity contribution in [3.05, 3.63) is 41.4 Å². The van der Waals surface area contributed by atoms with Crippen molar-refractivity contribution in [2.75, 3.05) is 6.54 Å². The predicted octanol–water partition coefficient (Wildman–Crippen LogP) is 1.73. The second-order valence-corrected chi connectivity index (χ2v) is 6.76. The lowest BCUT2D eigenvalue weighted by Crippen LogP contribution is -2.34. The number of sulfonamides is 1. The molecule has 108 valence electrons. The van der Waals surface area contributed by atoms with Crippen molar-refractivity contribution < 1.29 is 18.0 Å². The number of carbonyl (C=O) groups excluding carboxylic acids is 2. The first-order chi connectivity index (χ1) is 9.89. The number of halogens is 1. The summed E-state index contributed by atoms with van der Waals surface area (Å²) in [5, 5.41) is 3.53. The van der Waals surface area contributed by atoms with E-state index in [1.54, 1.807) is 24.3 Å². The van der Waals surface area contributed by atoms with Crippen LogP contribution in [0.2, 0.25) is 5.02 Å². The summed E-state index contributed by atoms with van der Waals surface area (Å²) in [7, 11) is -4.12. The smallest absolute Gasteiger partial charge is 0.275 e. The average Bonchev–Trinajstić information content (AvgIpc) is 2.78. The van der Waals surface area contributed by atoms with E-state index in [0.717, 1.165) is 0 Å². The first kappa shape index (κ1) is 13.8. The highest BCUT2D eigenvalue weighted by atomic mass is 35.5. The van der Waals surface area contributed by atoms with E-state index in [9.17, 15) is 18.0 Å². The van der Waals surface area contributed by atoms with Crippen LogP contribution in [-0.2, 0) is 14.8 Å². The molecule has 1 fully saturated rings. The Kier molecular flexibility index (Phi) is 3.11. The molecule has 0 aromatic heterocycles. The fraction of sp³-hybridized carbons (Fsp3) is 0.0769. The Morgan fingerprint density at radius 2 is 1.86 bits per heavy atom. The lowest BCUT2D eigenvalue weighted by molar-refractivity contribution is -0.118. The molecule has 1 aliphatic heterocycles. The molecule has 1 N–H and O–H groups in total. The van der Waals surface area contributed by atoms with Gasteiger partial charge in [-0.2, -0.15) is 0 Å². The third kappa shape index (κ3) is 2.24. The number of benzene rings is 2. The van der Waals surface area contributed by atoms with Crippen LogP contribution < -0.4 is 5.32 Å². The van der Waals surface area contributed by atoms with Crippen molar-refractivity contribution in [1.82, 2.24) is 9.62 Å². The molecule has 6 nitrogen and oxygen atoms in total. The summed E-state index contributed by atoms with van der Waals surface area (Å²) in [6.07, 6.45) is 0. The van der Waals surface area contributed by atoms with E-state index in [1.807, 2.05) is 5.32 Å². The van der Waals surface area contributed by atoms with Crippen LogP contribution in [0.3, 0.4) is 0 Å². The van der Waals surface area contributed by atoms with E-state index in [4.69, 9.17) is 11.6 Å². The van der Waals surface area contributed by atoms with Crippen LogP contribution >= 0.6 is 11.6 Å². The number of urea groups is 1. The van der Waals surface area contributed by atoms with Gasteiger partial charge in [-0.05, 0) is 17.5 Å². The number of carbonyl (C=O) groups is 2. The maximum absolute atomic E-state index is 12.4. The zero-order chi connectivity index (χ0) is 15.2. The van der Waals surface area contributed by atoms with Gasteiger partial charge in [0.1, 0.15) is 6.54 Å². The molecule has 2 aromatic carbocycles. The van der Waals surface area contributed by atoms with Gasteiger partial charge >= 0.3 is 6.03 Å². The summed E-state index contributed by atoms with van der Waals surface area (Å²) in [5.74, 6) is -0.657. The molecule has 0 atom stereocenters. The third-order valence-corrected chi connectivity index (χ3v) is 5.15. The lowest BCUT2D eigenvalue weighted by atomic mass is 10.1. The van der Waals surface area contributed by atoms with Crippen LogP contribution in [0.25, 0.3) is 10.8 Å². The van der Waals surface area contributed by atoms with Crippen molar-refractivity contribution in [3.63, 3.8) is 0 Å². The SMILES string of the molecule is O=C1CN(S(=O)(=O)c2cc(Cl)c3ccccc3c2)C(=O)N1. The van der Waals surface area contributed by atoms with Gasteiger partial charge in [0.25, 0.3) is 10.0 Å². The predicted molar refractivity (Wildman–Crippen MR) is 76.4 cm³/mol. The van der Waals surface area contributed by atoms with Crippen LogP contribution in [0.15, 0.2) is 41.3 Å². The molecule has 1 saturated heterocycles. The topological polar surface area (TPSA) is 83.6 Å². The minimum absolute atomic E-state index is 0.129. The molecule has 0 saturated carbocycles. The van der Waals surface area contributed by atoms with Gasteiger partial charge in [-0.25, -0.2) is 17.5 Å². The first-order valence-electron chi connectivity index (χ1n) is 5.94. The van der Waals surface area contributed by atoms with Crippen LogP contribution in [0.4, 0.5) is 4.79 Å². The normalized spacial score (nSPS) is 15.6. The number of imide groups is 1. The van der Waals surface area contributed by atoms with Crippen LogP contribution in [0.1, 0.15) is 0 Å². The molecule has 0 spiro atoms. The minimum atomic E-state index is -4.12. The Morgan fingerprint density at radius 3 is 2.52 bits per heavy atom. The highest BCUT2D eigenvalue weighted by molar-refractivity contribution is 7.89. The Bertz CT molecular complexity index is 879. The minimum Gasteiger partial charge on any atom is -0.275 e. The third-order valence-electron chi connectivity index (χ3n) is 3.13. The highest BCUT2D eigenvalue weighted by Gasteiger charge is 2.37. The van der Waals surface area contributed by atoms with Crippen LogP contribution in [-0.4, -0.2) is 31.2 Å². The molecule has 8 heteroatoms. The molecule has 0 unspecified atom stereocenters. The Labute approximate surface area is 125 Å². The number of amides is 3. The van der Waals surface area contributed by atoms with Gasteiger partial charge in [-0.15, -0.1) is 0 Å². The molecular formula is C13H9ClN2O4S. The van der Waals surface area contributed by atoms with E-state index in [2.05, 4.69) is 0 Å². The summed E-state index contributed by atoms with van der Waals surface area (Å²) < 4.78 is 25.4. The van der Waals surface area contributed by atoms with E-state index < -0.39 is 28.5 Å². The zero-order valence-corrected chi connectivity index (χ0v) is 12.1. The number of hydrogen-bond donors (Lipinski definition) is 1. The highest BCUT2D eigenvalue weighted by Crippen LogP contribution is 2.29. The number of rotatable bonds is 2. The summed E-state index contributed by atoms with van der Waals surface area (Å²) in [6.45, 7) is -0.522. The van der Waals surface area contributed by atoms with E-state index in [1.165, 1.54) is 12.1 Å². The summed E-state index contributed by atoms with van der Waals surface area (Å²) in [6, 6.07) is 8.76. The van der Waals surface area contributed by atoms with Gasteiger partial charge in [0, 0.05) is 10.4 Å². The maximum Gasteiger partial charge on any atom is 0.338 e. The number of fused-ring (bicyclic) bond motifs is 1. The molecular weight excluding hydrogens is 316 g/mol. The molecule has 0 aliphatic carbocycles. The van der Waals surface area contributed by atoms with E-state index in [0.29, 0.717) is 15.1 Å². The van der Waals surface area contributed by atoms with Gasteiger partial charge < -0.3 is 0 Å². The van der Waals surface area contributed by atoms with Crippen molar-refractivity contribution in [2.45, 2.75) is 4.90 Å². The molecule has 1 aliphatic rings. The molecule has 3 rings (SSSR count). The van der Waals surface area contributed by atoms with Gasteiger partial charge in [-0.3, -0.25) is 10.1 Å². The van der Waals surface area contributed by atoms with Crippen LogP contribution in [0.5, 0.6) is 0 Å². The summed E-state index contributed by atoms with van der Waals surface area (Å²) in [4.78, 5) is 22.6. The van der Waals surface area contributed by atoms with E-state index >= 15 is 0 Å². The quantitative estimate of drug-likeness (QED) is 0.853. The largest absolute Gasteiger partial charge is 0.338 e. The number of hydrogen-bond acceptors (Lipinski definition) is 4. The molecule has 3 amide bonds. The fourth-order valence-corrected chi connectivity index (χ4v) is 3.83. The Hall–Kier alpha value is -2.12. The fourth-order valence-electron chi connectivity index (χ4n) is 2.13. The van der Waals surface area contributed by atoms with Gasteiger partial charge in [-0.1, -0.05) is 35.9 Å². The standard InChI is InChI=1S/C13H9ClN2O4S/c14-11-6-9(5-8-3-1-2-4-10(8)11)21(19,20)16-7-12(17)15-13(16)18/h1-6H,7H2,(H,15,17,18). The summed E-state index contributed by atoms with van der Waals surface area (Å²) in [5.41, 5.74) is 0. The van der Waals surface area contributed by atoms with Crippen LogP contribution in [0, 0.1) is 0 Å². The molecule has 1 heterocycles. The number of nitrogens with zero attached hydrogens (tertiary/aromatic N) is 1. The maximum atomic E-state index is 12.4. The molecule has 0 bridgehead atoms. The second kappa shape index (κ2) is 4.71. The monoisotopic (exact) mass is 324 g/mol. The lowest BCUT2D eigenvalue weighted by Gasteiger charge is -2.15. The number of nitrogens with one attached hydrogen (secondary N) is 1. The second-order valence-electron chi connectivity index (χ2n) is 4.49. The average molecular weight is 325 g/mol.